The Hall–Kier alpha value is -3.19. The minimum atomic E-state index is -0.308. The van der Waals surface area contributed by atoms with Gasteiger partial charge >= 0.3 is 0 Å². The summed E-state index contributed by atoms with van der Waals surface area (Å²) in [5.41, 5.74) is 3.14. The van der Waals surface area contributed by atoms with E-state index >= 15 is 0 Å². The summed E-state index contributed by atoms with van der Waals surface area (Å²) in [7, 11) is 0. The molecule has 0 saturated carbocycles. The van der Waals surface area contributed by atoms with Crippen LogP contribution < -0.4 is 0 Å². The number of hydrogen-bond donors (Lipinski definition) is 0. The molecule has 1 amide bonds. The van der Waals surface area contributed by atoms with Crippen molar-refractivity contribution >= 4 is 5.91 Å². The molecule has 0 unspecified atom stereocenters. The Kier molecular flexibility index (Phi) is 5.34. The summed E-state index contributed by atoms with van der Waals surface area (Å²) in [5.74, 6) is -0.315. The molecule has 0 radical (unpaired) electrons. The van der Waals surface area contributed by atoms with E-state index in [9.17, 15) is 9.18 Å². The number of amides is 1. The van der Waals surface area contributed by atoms with Gasteiger partial charge in [0.05, 0.1) is 31.0 Å². The van der Waals surface area contributed by atoms with Crippen molar-refractivity contribution < 1.29 is 13.9 Å². The van der Waals surface area contributed by atoms with Crippen LogP contribution in [0.4, 0.5) is 4.39 Å². The van der Waals surface area contributed by atoms with E-state index in [1.165, 1.54) is 18.5 Å². The lowest BCUT2D eigenvalue weighted by Crippen LogP contribution is -2.43. The minimum Gasteiger partial charge on any atom is -0.368 e. The smallest absolute Gasteiger partial charge is 0.227 e. The van der Waals surface area contributed by atoms with Crippen molar-refractivity contribution in [3.63, 3.8) is 0 Å². The SMILES string of the molecule is O=C(Cc1ccc(F)cc1)N1CCO[C@H](c2cccc(-c3cncnc3)n2)C1. The van der Waals surface area contributed by atoms with Gasteiger partial charge in [-0.15, -0.1) is 0 Å². The minimum absolute atomic E-state index is 0.00692. The van der Waals surface area contributed by atoms with E-state index in [2.05, 4.69) is 15.0 Å². The van der Waals surface area contributed by atoms with E-state index in [1.54, 1.807) is 29.4 Å². The Morgan fingerprint density at radius 1 is 1.14 bits per heavy atom. The molecule has 0 aliphatic carbocycles. The Balaban J connectivity index is 1.46. The summed E-state index contributed by atoms with van der Waals surface area (Å²) in [6.45, 7) is 1.41. The summed E-state index contributed by atoms with van der Waals surface area (Å²) in [5, 5.41) is 0. The molecular weight excluding hydrogens is 359 g/mol. The maximum Gasteiger partial charge on any atom is 0.227 e. The van der Waals surface area contributed by atoms with Gasteiger partial charge in [-0.3, -0.25) is 4.79 Å². The molecule has 1 aliphatic heterocycles. The number of hydrogen-bond acceptors (Lipinski definition) is 5. The topological polar surface area (TPSA) is 68.2 Å². The molecule has 3 aromatic rings. The molecule has 0 bridgehead atoms. The van der Waals surface area contributed by atoms with Crippen LogP contribution in [-0.4, -0.2) is 45.5 Å². The largest absolute Gasteiger partial charge is 0.368 e. The summed E-state index contributed by atoms with van der Waals surface area (Å²) >= 11 is 0. The predicted molar refractivity (Wildman–Crippen MR) is 101 cm³/mol. The van der Waals surface area contributed by atoms with Crippen molar-refractivity contribution in [2.45, 2.75) is 12.5 Å². The molecule has 28 heavy (non-hydrogen) atoms. The number of aromatic nitrogens is 3. The van der Waals surface area contributed by atoms with Gasteiger partial charge in [0.15, 0.2) is 0 Å². The normalized spacial score (nSPS) is 16.8. The highest BCUT2D eigenvalue weighted by molar-refractivity contribution is 5.79. The maximum atomic E-state index is 13.0. The van der Waals surface area contributed by atoms with Gasteiger partial charge in [-0.05, 0) is 29.8 Å². The zero-order valence-corrected chi connectivity index (χ0v) is 15.2. The van der Waals surface area contributed by atoms with Crippen LogP contribution in [0.1, 0.15) is 17.4 Å². The standard InChI is InChI=1S/C21H19FN4O2/c22-17-6-4-15(5-7-17)10-21(27)26-8-9-28-20(13-26)19-3-1-2-18(25-19)16-11-23-14-24-12-16/h1-7,11-12,14,20H,8-10,13H2/t20-/m0/s1. The third kappa shape index (κ3) is 4.20. The van der Waals surface area contributed by atoms with Gasteiger partial charge in [-0.2, -0.15) is 0 Å². The fourth-order valence-electron chi connectivity index (χ4n) is 3.17. The van der Waals surface area contributed by atoms with E-state index in [0.29, 0.717) is 19.7 Å². The van der Waals surface area contributed by atoms with Crippen LogP contribution in [-0.2, 0) is 16.0 Å². The zero-order valence-electron chi connectivity index (χ0n) is 15.2. The molecule has 1 aliphatic rings. The lowest BCUT2D eigenvalue weighted by molar-refractivity contribution is -0.138. The Labute approximate surface area is 162 Å². The highest BCUT2D eigenvalue weighted by atomic mass is 19.1. The molecule has 1 atom stereocenters. The van der Waals surface area contributed by atoms with Gasteiger partial charge in [-0.1, -0.05) is 18.2 Å². The van der Waals surface area contributed by atoms with Crippen molar-refractivity contribution in [1.82, 2.24) is 19.9 Å². The third-order valence-electron chi connectivity index (χ3n) is 4.64. The summed E-state index contributed by atoms with van der Waals surface area (Å²) in [6, 6.07) is 11.7. The van der Waals surface area contributed by atoms with Gasteiger partial charge in [-0.25, -0.2) is 19.3 Å². The van der Waals surface area contributed by atoms with Crippen LogP contribution in [0.3, 0.4) is 0 Å². The molecule has 3 heterocycles. The van der Waals surface area contributed by atoms with E-state index < -0.39 is 0 Å². The molecular formula is C21H19FN4O2. The summed E-state index contributed by atoms with van der Waals surface area (Å²) in [4.78, 5) is 27.2. The first-order valence-electron chi connectivity index (χ1n) is 9.05. The van der Waals surface area contributed by atoms with Crippen LogP contribution in [0.15, 0.2) is 61.2 Å². The van der Waals surface area contributed by atoms with Crippen molar-refractivity contribution in [1.29, 1.82) is 0 Å². The van der Waals surface area contributed by atoms with Gasteiger partial charge in [0.25, 0.3) is 0 Å². The predicted octanol–water partition coefficient (Wildman–Crippen LogP) is 2.82. The molecule has 1 saturated heterocycles. The first kappa shape index (κ1) is 18.2. The second-order valence-electron chi connectivity index (χ2n) is 6.58. The number of morpholine rings is 1. The number of carbonyl (C=O) groups excluding carboxylic acids is 1. The second-order valence-corrected chi connectivity index (χ2v) is 6.58. The number of benzene rings is 1. The monoisotopic (exact) mass is 378 g/mol. The Morgan fingerprint density at radius 3 is 2.71 bits per heavy atom. The third-order valence-corrected chi connectivity index (χ3v) is 4.64. The highest BCUT2D eigenvalue weighted by Crippen LogP contribution is 2.24. The molecule has 6 nitrogen and oxygen atoms in total. The van der Waals surface area contributed by atoms with Gasteiger partial charge in [0, 0.05) is 24.5 Å². The molecule has 142 valence electrons. The van der Waals surface area contributed by atoms with Gasteiger partial charge in [0.2, 0.25) is 5.91 Å². The van der Waals surface area contributed by atoms with Crippen LogP contribution in [0, 0.1) is 5.82 Å². The van der Waals surface area contributed by atoms with Gasteiger partial charge < -0.3 is 9.64 Å². The molecule has 1 fully saturated rings. The highest BCUT2D eigenvalue weighted by Gasteiger charge is 2.26. The maximum absolute atomic E-state index is 13.0. The van der Waals surface area contributed by atoms with Crippen LogP contribution in [0.25, 0.3) is 11.3 Å². The first-order chi connectivity index (χ1) is 13.7. The Morgan fingerprint density at radius 2 is 1.93 bits per heavy atom. The average Bonchev–Trinajstić information content (AvgIpc) is 2.76. The van der Waals surface area contributed by atoms with Crippen LogP contribution in [0.5, 0.6) is 0 Å². The van der Waals surface area contributed by atoms with Gasteiger partial charge in [0.1, 0.15) is 18.2 Å². The number of nitrogens with zero attached hydrogens (tertiary/aromatic N) is 4. The fraction of sp³-hybridized carbons (Fsp3) is 0.238. The van der Waals surface area contributed by atoms with Crippen LogP contribution >= 0.6 is 0 Å². The van der Waals surface area contributed by atoms with Crippen molar-refractivity contribution in [3.8, 4) is 11.3 Å². The number of halogens is 1. The summed E-state index contributed by atoms with van der Waals surface area (Å²) in [6.07, 6.45) is 4.83. The molecule has 1 aromatic carbocycles. The van der Waals surface area contributed by atoms with Crippen LogP contribution in [0.2, 0.25) is 0 Å². The molecule has 0 spiro atoms. The lowest BCUT2D eigenvalue weighted by atomic mass is 10.1. The average molecular weight is 378 g/mol. The first-order valence-corrected chi connectivity index (χ1v) is 9.05. The Bertz CT molecular complexity index is 950. The molecule has 2 aromatic heterocycles. The van der Waals surface area contributed by atoms with E-state index in [4.69, 9.17) is 4.74 Å². The van der Waals surface area contributed by atoms with E-state index in [1.807, 2.05) is 18.2 Å². The van der Waals surface area contributed by atoms with Crippen molar-refractivity contribution in [3.05, 3.63) is 78.3 Å². The fourth-order valence-corrected chi connectivity index (χ4v) is 3.17. The van der Waals surface area contributed by atoms with E-state index in [0.717, 1.165) is 22.5 Å². The van der Waals surface area contributed by atoms with Crippen molar-refractivity contribution in [2.75, 3.05) is 19.7 Å². The molecule has 7 heteroatoms. The van der Waals surface area contributed by atoms with Crippen molar-refractivity contribution in [2.24, 2.45) is 0 Å². The number of rotatable bonds is 4. The number of ether oxygens (including phenoxy) is 1. The number of carbonyl (C=O) groups is 1. The summed E-state index contributed by atoms with van der Waals surface area (Å²) < 4.78 is 18.9. The lowest BCUT2D eigenvalue weighted by Gasteiger charge is -2.33. The zero-order chi connectivity index (χ0) is 19.3. The molecule has 0 N–H and O–H groups in total. The quantitative estimate of drug-likeness (QED) is 0.698. The second kappa shape index (κ2) is 8.22. The molecule has 4 rings (SSSR count). The number of pyridine rings is 1. The van der Waals surface area contributed by atoms with E-state index in [-0.39, 0.29) is 24.2 Å².